The molecule has 0 saturated carbocycles. The Balaban J connectivity index is 1.63. The van der Waals surface area contributed by atoms with Crippen LogP contribution in [0.15, 0.2) is 54.7 Å². The second kappa shape index (κ2) is 7.57. The van der Waals surface area contributed by atoms with E-state index in [0.717, 1.165) is 12.1 Å². The molecule has 1 aliphatic heterocycles. The van der Waals surface area contributed by atoms with Crippen molar-refractivity contribution in [1.29, 1.82) is 0 Å². The second-order valence-corrected chi connectivity index (χ2v) is 7.48. The molecule has 2 heterocycles. The highest BCUT2D eigenvalue weighted by molar-refractivity contribution is 6.10. The SMILES string of the molecule is C[C@H]1CC(c2ccc(C(F)(F)F)cc2)C(=O)c2c(NC(=O)c3cccc(O)c3)cnn21. The predicted molar refractivity (Wildman–Crippen MR) is 106 cm³/mol. The van der Waals surface area contributed by atoms with Crippen molar-refractivity contribution in [3.8, 4) is 5.75 Å². The Bertz CT molecular complexity index is 1150. The molecule has 3 aromatic rings. The molecule has 0 saturated heterocycles. The van der Waals surface area contributed by atoms with Gasteiger partial charge in [0.15, 0.2) is 5.78 Å². The van der Waals surface area contributed by atoms with Crippen molar-refractivity contribution >= 4 is 17.4 Å². The number of ketones is 1. The van der Waals surface area contributed by atoms with E-state index in [2.05, 4.69) is 10.4 Å². The monoisotopic (exact) mass is 429 g/mol. The summed E-state index contributed by atoms with van der Waals surface area (Å²) in [5.41, 5.74) is 0.300. The van der Waals surface area contributed by atoms with Gasteiger partial charge in [0, 0.05) is 5.56 Å². The number of rotatable bonds is 3. The van der Waals surface area contributed by atoms with E-state index < -0.39 is 23.6 Å². The summed E-state index contributed by atoms with van der Waals surface area (Å²) >= 11 is 0. The number of aromatic hydroxyl groups is 1. The standard InChI is InChI=1S/C22H18F3N3O3/c1-12-9-17(13-5-7-15(8-6-13)22(23,24)25)20(30)19-18(11-26-28(12)19)27-21(31)14-3-2-4-16(29)10-14/h2-8,10-12,17,29H,9H2,1H3,(H,27,31)/t12-,17?/m0/s1. The van der Waals surface area contributed by atoms with Crippen molar-refractivity contribution in [3.05, 3.63) is 77.1 Å². The number of benzene rings is 2. The van der Waals surface area contributed by atoms with Crippen molar-refractivity contribution in [2.24, 2.45) is 0 Å². The van der Waals surface area contributed by atoms with Crippen molar-refractivity contribution in [3.63, 3.8) is 0 Å². The van der Waals surface area contributed by atoms with Gasteiger partial charge in [-0.15, -0.1) is 0 Å². The van der Waals surface area contributed by atoms with Crippen LogP contribution in [0.4, 0.5) is 18.9 Å². The van der Waals surface area contributed by atoms with Gasteiger partial charge in [0.2, 0.25) is 0 Å². The fourth-order valence-corrected chi connectivity index (χ4v) is 3.78. The number of anilines is 1. The van der Waals surface area contributed by atoms with Gasteiger partial charge in [-0.25, -0.2) is 0 Å². The van der Waals surface area contributed by atoms with Crippen LogP contribution in [0.1, 0.15) is 57.3 Å². The van der Waals surface area contributed by atoms with E-state index in [1.165, 1.54) is 47.3 Å². The summed E-state index contributed by atoms with van der Waals surface area (Å²) in [5, 5.41) is 16.4. The van der Waals surface area contributed by atoms with E-state index >= 15 is 0 Å². The Morgan fingerprint density at radius 3 is 2.55 bits per heavy atom. The maximum absolute atomic E-state index is 13.2. The van der Waals surface area contributed by atoms with Gasteiger partial charge in [-0.05, 0) is 49.2 Å². The topological polar surface area (TPSA) is 84.2 Å². The lowest BCUT2D eigenvalue weighted by molar-refractivity contribution is -0.137. The number of nitrogens with zero attached hydrogens (tertiary/aromatic N) is 2. The average Bonchev–Trinajstić information content (AvgIpc) is 3.14. The lowest BCUT2D eigenvalue weighted by Gasteiger charge is -2.28. The zero-order valence-electron chi connectivity index (χ0n) is 16.3. The Labute approximate surface area is 175 Å². The lowest BCUT2D eigenvalue weighted by Crippen LogP contribution is -2.29. The molecule has 0 fully saturated rings. The van der Waals surface area contributed by atoms with Gasteiger partial charge in [0.05, 0.1) is 29.4 Å². The number of phenolic OH excluding ortho intramolecular Hbond substituents is 1. The van der Waals surface area contributed by atoms with Crippen LogP contribution in [0.5, 0.6) is 5.75 Å². The van der Waals surface area contributed by atoms with E-state index in [4.69, 9.17) is 0 Å². The van der Waals surface area contributed by atoms with E-state index in [1.807, 2.05) is 6.92 Å². The number of alkyl halides is 3. The Kier molecular flexibility index (Phi) is 5.04. The number of phenols is 1. The maximum atomic E-state index is 13.2. The molecule has 0 bridgehead atoms. The fourth-order valence-electron chi connectivity index (χ4n) is 3.78. The number of hydrogen-bond donors (Lipinski definition) is 2. The predicted octanol–water partition coefficient (Wildman–Crippen LogP) is 4.79. The Morgan fingerprint density at radius 2 is 1.90 bits per heavy atom. The van der Waals surface area contributed by atoms with Gasteiger partial charge in [-0.2, -0.15) is 18.3 Å². The second-order valence-electron chi connectivity index (χ2n) is 7.48. The van der Waals surface area contributed by atoms with E-state index in [1.54, 1.807) is 0 Å². The number of carbonyl (C=O) groups is 2. The third-order valence-corrected chi connectivity index (χ3v) is 5.34. The number of amides is 1. The van der Waals surface area contributed by atoms with Gasteiger partial charge in [-0.1, -0.05) is 18.2 Å². The molecule has 0 aliphatic carbocycles. The van der Waals surface area contributed by atoms with Crippen LogP contribution in [0, 0.1) is 0 Å². The van der Waals surface area contributed by atoms with Crippen LogP contribution in [0.2, 0.25) is 0 Å². The third-order valence-electron chi connectivity index (χ3n) is 5.34. The zero-order valence-corrected chi connectivity index (χ0v) is 16.3. The number of Topliss-reactive ketones (excluding diaryl/α,β-unsaturated/α-hetero) is 1. The van der Waals surface area contributed by atoms with Crippen LogP contribution >= 0.6 is 0 Å². The molecule has 1 aliphatic rings. The molecule has 1 amide bonds. The van der Waals surface area contributed by atoms with Gasteiger partial charge in [0.25, 0.3) is 5.91 Å². The van der Waals surface area contributed by atoms with Crippen LogP contribution < -0.4 is 5.32 Å². The van der Waals surface area contributed by atoms with Crippen molar-refractivity contribution in [1.82, 2.24) is 9.78 Å². The molecule has 2 N–H and O–H groups in total. The van der Waals surface area contributed by atoms with Crippen LogP contribution in [0.25, 0.3) is 0 Å². The van der Waals surface area contributed by atoms with Crippen molar-refractivity contribution < 1.29 is 27.9 Å². The molecular formula is C22H18F3N3O3. The molecule has 1 aromatic heterocycles. The van der Waals surface area contributed by atoms with Crippen LogP contribution in [0.3, 0.4) is 0 Å². The highest BCUT2D eigenvalue weighted by Gasteiger charge is 2.37. The first-order valence-electron chi connectivity index (χ1n) is 9.54. The average molecular weight is 429 g/mol. The molecule has 0 spiro atoms. The Morgan fingerprint density at radius 1 is 1.19 bits per heavy atom. The highest BCUT2D eigenvalue weighted by atomic mass is 19.4. The molecule has 6 nitrogen and oxygen atoms in total. The number of halogens is 3. The molecule has 4 rings (SSSR count). The smallest absolute Gasteiger partial charge is 0.416 e. The molecular weight excluding hydrogens is 411 g/mol. The molecule has 31 heavy (non-hydrogen) atoms. The molecule has 9 heteroatoms. The number of aromatic nitrogens is 2. The lowest BCUT2D eigenvalue weighted by atomic mass is 9.84. The highest BCUT2D eigenvalue weighted by Crippen LogP contribution is 2.39. The van der Waals surface area contributed by atoms with Crippen molar-refractivity contribution in [2.45, 2.75) is 31.5 Å². The summed E-state index contributed by atoms with van der Waals surface area (Å²) in [6.07, 6.45) is -2.71. The van der Waals surface area contributed by atoms with Gasteiger partial charge >= 0.3 is 6.18 Å². The summed E-state index contributed by atoms with van der Waals surface area (Å²) in [7, 11) is 0. The number of nitrogens with one attached hydrogen (secondary N) is 1. The molecule has 2 atom stereocenters. The van der Waals surface area contributed by atoms with Gasteiger partial charge < -0.3 is 10.4 Å². The fraction of sp³-hybridized carbons (Fsp3) is 0.227. The number of hydrogen-bond acceptors (Lipinski definition) is 4. The van der Waals surface area contributed by atoms with Gasteiger partial charge in [-0.3, -0.25) is 14.3 Å². The molecule has 0 radical (unpaired) electrons. The van der Waals surface area contributed by atoms with Gasteiger partial charge in [0.1, 0.15) is 11.4 Å². The summed E-state index contributed by atoms with van der Waals surface area (Å²) in [6.45, 7) is 1.85. The third kappa shape index (κ3) is 3.90. The van der Waals surface area contributed by atoms with Crippen molar-refractivity contribution in [2.75, 3.05) is 5.32 Å². The van der Waals surface area contributed by atoms with E-state index in [9.17, 15) is 27.9 Å². The first-order chi connectivity index (χ1) is 14.6. The normalized spacial score (nSPS) is 18.5. The van der Waals surface area contributed by atoms with Crippen LogP contribution in [-0.2, 0) is 6.18 Å². The number of carbonyl (C=O) groups excluding carboxylic acids is 2. The summed E-state index contributed by atoms with van der Waals surface area (Å²) < 4.78 is 40.1. The minimum absolute atomic E-state index is 0.0725. The summed E-state index contributed by atoms with van der Waals surface area (Å²) in [6, 6.07) is 10.1. The summed E-state index contributed by atoms with van der Waals surface area (Å²) in [5.74, 6) is -1.58. The maximum Gasteiger partial charge on any atom is 0.416 e. The number of fused-ring (bicyclic) bond motifs is 1. The quantitative estimate of drug-likeness (QED) is 0.627. The molecule has 160 valence electrons. The first kappa shape index (κ1) is 20.6. The largest absolute Gasteiger partial charge is 0.508 e. The van der Waals surface area contributed by atoms with E-state index in [-0.39, 0.29) is 34.5 Å². The van der Waals surface area contributed by atoms with E-state index in [0.29, 0.717) is 12.0 Å². The Hall–Kier alpha value is -3.62. The van der Waals surface area contributed by atoms with Crippen LogP contribution in [-0.4, -0.2) is 26.6 Å². The first-order valence-corrected chi connectivity index (χ1v) is 9.54. The minimum atomic E-state index is -4.45. The minimum Gasteiger partial charge on any atom is -0.508 e. The molecule has 2 aromatic carbocycles. The summed E-state index contributed by atoms with van der Waals surface area (Å²) in [4.78, 5) is 25.8. The zero-order chi connectivity index (χ0) is 22.3. The molecule has 1 unspecified atom stereocenters.